The van der Waals surface area contributed by atoms with Crippen LogP contribution in [-0.4, -0.2) is 10.5 Å². The van der Waals surface area contributed by atoms with E-state index in [0.29, 0.717) is 11.1 Å². The molecule has 0 saturated carbocycles. The number of hydrogen-bond acceptors (Lipinski definition) is 2. The standard InChI is InChI=1S/C20H16F4N2O2/c1-11-15-7-6-13(20(22,23)24)9-16(15)19(28)26(2)17(11)18(27)25-10-12-4-3-5-14(21)8-12/h3-9H,10H2,1-2H3,(H,25,27). The minimum atomic E-state index is -4.58. The molecular weight excluding hydrogens is 376 g/mol. The zero-order chi connectivity index (χ0) is 20.6. The first-order chi connectivity index (χ1) is 13.1. The van der Waals surface area contributed by atoms with Crippen LogP contribution < -0.4 is 10.9 Å². The number of pyridine rings is 1. The number of fused-ring (bicyclic) bond motifs is 1. The SMILES string of the molecule is Cc1c(C(=O)NCc2cccc(F)c2)n(C)c(=O)c2cc(C(F)(F)F)ccc12. The number of hydrogen-bond donors (Lipinski definition) is 1. The number of aromatic nitrogens is 1. The number of carbonyl (C=O) groups is 1. The van der Waals surface area contributed by atoms with Crippen molar-refractivity contribution in [2.45, 2.75) is 19.6 Å². The summed E-state index contributed by atoms with van der Waals surface area (Å²) in [5.74, 6) is -1.02. The molecule has 1 aromatic heterocycles. The van der Waals surface area contributed by atoms with Gasteiger partial charge in [-0.3, -0.25) is 9.59 Å². The molecule has 0 atom stereocenters. The normalized spacial score (nSPS) is 11.6. The fraction of sp³-hybridized carbons (Fsp3) is 0.200. The van der Waals surface area contributed by atoms with Gasteiger partial charge < -0.3 is 9.88 Å². The van der Waals surface area contributed by atoms with Crippen molar-refractivity contribution in [3.05, 3.63) is 81.0 Å². The van der Waals surface area contributed by atoms with Gasteiger partial charge in [-0.05, 0) is 47.7 Å². The van der Waals surface area contributed by atoms with Crippen LogP contribution in [0.25, 0.3) is 10.8 Å². The maximum atomic E-state index is 13.2. The Kier molecular flexibility index (Phi) is 4.97. The van der Waals surface area contributed by atoms with Gasteiger partial charge in [-0.2, -0.15) is 13.2 Å². The third kappa shape index (κ3) is 3.62. The minimum absolute atomic E-state index is 0.0358. The second kappa shape index (κ2) is 7.10. The van der Waals surface area contributed by atoms with Crippen LogP contribution in [0.1, 0.15) is 27.2 Å². The van der Waals surface area contributed by atoms with Crippen molar-refractivity contribution >= 4 is 16.7 Å². The lowest BCUT2D eigenvalue weighted by atomic mass is 10.0. The van der Waals surface area contributed by atoms with Crippen molar-refractivity contribution in [3.63, 3.8) is 0 Å². The number of carbonyl (C=O) groups excluding carboxylic acids is 1. The van der Waals surface area contributed by atoms with Crippen LogP contribution in [0.4, 0.5) is 17.6 Å². The summed E-state index contributed by atoms with van der Waals surface area (Å²) in [6.45, 7) is 1.60. The van der Waals surface area contributed by atoms with Crippen LogP contribution in [0.15, 0.2) is 47.3 Å². The van der Waals surface area contributed by atoms with Gasteiger partial charge in [0.15, 0.2) is 0 Å². The van der Waals surface area contributed by atoms with E-state index in [-0.39, 0.29) is 23.0 Å². The molecule has 146 valence electrons. The van der Waals surface area contributed by atoms with Crippen molar-refractivity contribution in [2.75, 3.05) is 0 Å². The topological polar surface area (TPSA) is 51.1 Å². The summed E-state index contributed by atoms with van der Waals surface area (Å²) in [5.41, 5.74) is -0.690. The average molecular weight is 392 g/mol. The van der Waals surface area contributed by atoms with Gasteiger partial charge >= 0.3 is 6.18 Å². The highest BCUT2D eigenvalue weighted by Crippen LogP contribution is 2.31. The van der Waals surface area contributed by atoms with E-state index >= 15 is 0 Å². The Bertz CT molecular complexity index is 1130. The number of aryl methyl sites for hydroxylation is 1. The maximum Gasteiger partial charge on any atom is 0.416 e. The van der Waals surface area contributed by atoms with E-state index in [1.54, 1.807) is 13.0 Å². The van der Waals surface area contributed by atoms with E-state index in [2.05, 4.69) is 5.32 Å². The Hall–Kier alpha value is -3.16. The van der Waals surface area contributed by atoms with Crippen molar-refractivity contribution in [1.82, 2.24) is 9.88 Å². The molecule has 0 spiro atoms. The highest BCUT2D eigenvalue weighted by atomic mass is 19.4. The number of rotatable bonds is 3. The van der Waals surface area contributed by atoms with Crippen molar-refractivity contribution < 1.29 is 22.4 Å². The quantitative estimate of drug-likeness (QED) is 0.687. The number of nitrogens with one attached hydrogen (secondary N) is 1. The highest BCUT2D eigenvalue weighted by molar-refractivity contribution is 5.99. The number of benzene rings is 2. The lowest BCUT2D eigenvalue weighted by molar-refractivity contribution is -0.137. The molecule has 0 aliphatic heterocycles. The molecule has 28 heavy (non-hydrogen) atoms. The van der Waals surface area contributed by atoms with Gasteiger partial charge in [-0.25, -0.2) is 4.39 Å². The maximum absolute atomic E-state index is 13.2. The van der Waals surface area contributed by atoms with Crippen LogP contribution in [0.3, 0.4) is 0 Å². The molecule has 0 aliphatic carbocycles. The predicted molar refractivity (Wildman–Crippen MR) is 96.5 cm³/mol. The van der Waals surface area contributed by atoms with Gasteiger partial charge in [0.1, 0.15) is 11.5 Å². The largest absolute Gasteiger partial charge is 0.416 e. The third-order valence-corrected chi connectivity index (χ3v) is 4.53. The first-order valence-electron chi connectivity index (χ1n) is 8.33. The van der Waals surface area contributed by atoms with E-state index in [1.165, 1.54) is 31.3 Å². The molecule has 0 bridgehead atoms. The Balaban J connectivity index is 2.01. The third-order valence-electron chi connectivity index (χ3n) is 4.53. The van der Waals surface area contributed by atoms with E-state index in [0.717, 1.165) is 16.7 Å². The Morgan fingerprint density at radius 1 is 1.11 bits per heavy atom. The summed E-state index contributed by atoms with van der Waals surface area (Å²) in [6.07, 6.45) is -4.58. The molecule has 0 fully saturated rings. The Labute approximate surface area is 157 Å². The van der Waals surface area contributed by atoms with Crippen LogP contribution in [-0.2, 0) is 19.8 Å². The molecule has 8 heteroatoms. The van der Waals surface area contributed by atoms with Gasteiger partial charge in [0.2, 0.25) is 0 Å². The summed E-state index contributed by atoms with van der Waals surface area (Å²) in [5, 5.41) is 2.76. The molecule has 3 rings (SSSR count). The summed E-state index contributed by atoms with van der Waals surface area (Å²) >= 11 is 0. The van der Waals surface area contributed by atoms with Gasteiger partial charge in [-0.1, -0.05) is 18.2 Å². The van der Waals surface area contributed by atoms with E-state index in [4.69, 9.17) is 0 Å². The highest BCUT2D eigenvalue weighted by Gasteiger charge is 2.31. The van der Waals surface area contributed by atoms with Crippen molar-refractivity contribution in [2.24, 2.45) is 7.05 Å². The second-order valence-electron chi connectivity index (χ2n) is 6.41. The van der Waals surface area contributed by atoms with E-state index in [9.17, 15) is 27.2 Å². The van der Waals surface area contributed by atoms with Gasteiger partial charge in [0, 0.05) is 19.0 Å². The van der Waals surface area contributed by atoms with Crippen LogP contribution in [0, 0.1) is 12.7 Å². The molecule has 2 aromatic carbocycles. The van der Waals surface area contributed by atoms with Crippen molar-refractivity contribution in [3.8, 4) is 0 Å². The fourth-order valence-corrected chi connectivity index (χ4v) is 3.12. The average Bonchev–Trinajstić information content (AvgIpc) is 2.63. The van der Waals surface area contributed by atoms with Gasteiger partial charge in [0.05, 0.1) is 5.56 Å². The zero-order valence-corrected chi connectivity index (χ0v) is 15.0. The smallest absolute Gasteiger partial charge is 0.347 e. The molecule has 1 amide bonds. The summed E-state index contributed by atoms with van der Waals surface area (Å²) in [6, 6.07) is 8.55. The molecule has 0 unspecified atom stereocenters. The van der Waals surface area contributed by atoms with Gasteiger partial charge in [0.25, 0.3) is 11.5 Å². The lowest BCUT2D eigenvalue weighted by Crippen LogP contribution is -2.32. The fourth-order valence-electron chi connectivity index (χ4n) is 3.12. The minimum Gasteiger partial charge on any atom is -0.347 e. The van der Waals surface area contributed by atoms with E-state index < -0.39 is 29.0 Å². The summed E-state index contributed by atoms with van der Waals surface area (Å²) in [7, 11) is 1.33. The first kappa shape index (κ1) is 19.6. The number of amides is 1. The molecule has 1 heterocycles. The summed E-state index contributed by atoms with van der Waals surface area (Å²) < 4.78 is 53.1. The molecule has 3 aromatic rings. The second-order valence-corrected chi connectivity index (χ2v) is 6.41. The predicted octanol–water partition coefficient (Wildman–Crippen LogP) is 3.93. The van der Waals surface area contributed by atoms with E-state index in [1.807, 2.05) is 0 Å². The summed E-state index contributed by atoms with van der Waals surface area (Å²) in [4.78, 5) is 25.2. The number of halogens is 4. The Morgan fingerprint density at radius 2 is 1.82 bits per heavy atom. The number of alkyl halides is 3. The monoisotopic (exact) mass is 392 g/mol. The zero-order valence-electron chi connectivity index (χ0n) is 15.0. The van der Waals surface area contributed by atoms with Gasteiger partial charge in [-0.15, -0.1) is 0 Å². The molecule has 1 N–H and O–H groups in total. The molecular formula is C20H16F4N2O2. The lowest BCUT2D eigenvalue weighted by Gasteiger charge is -2.16. The molecule has 0 radical (unpaired) electrons. The Morgan fingerprint density at radius 3 is 2.46 bits per heavy atom. The van der Waals surface area contributed by atoms with Crippen LogP contribution in [0.2, 0.25) is 0 Å². The van der Waals surface area contributed by atoms with Crippen LogP contribution >= 0.6 is 0 Å². The first-order valence-corrected chi connectivity index (χ1v) is 8.33. The van der Waals surface area contributed by atoms with Crippen LogP contribution in [0.5, 0.6) is 0 Å². The van der Waals surface area contributed by atoms with Crippen molar-refractivity contribution in [1.29, 1.82) is 0 Å². The molecule has 0 saturated heterocycles. The molecule has 0 aliphatic rings. The number of nitrogens with zero attached hydrogens (tertiary/aromatic N) is 1. The molecule has 4 nitrogen and oxygen atoms in total.